The predicted octanol–water partition coefficient (Wildman–Crippen LogP) is 6.07. The molecule has 0 N–H and O–H groups in total. The highest BCUT2D eigenvalue weighted by Gasteiger charge is 2.34. The fourth-order valence-electron chi connectivity index (χ4n) is 3.53. The van der Waals surface area contributed by atoms with E-state index in [0.717, 1.165) is 11.8 Å². The highest BCUT2D eigenvalue weighted by molar-refractivity contribution is 9.09. The van der Waals surface area contributed by atoms with Crippen molar-refractivity contribution in [2.75, 3.05) is 0 Å². The van der Waals surface area contributed by atoms with Crippen molar-refractivity contribution in [3.63, 3.8) is 0 Å². The molecule has 1 aliphatic carbocycles. The molecule has 3 atom stereocenters. The Hall–Kier alpha value is -0.300. The first-order valence-corrected chi connectivity index (χ1v) is 8.89. The molecule has 0 nitrogen and oxygen atoms in total. The van der Waals surface area contributed by atoms with Gasteiger partial charge < -0.3 is 0 Å². The fourth-order valence-corrected chi connectivity index (χ4v) is 4.19. The molecule has 0 radical (unpaired) electrons. The number of rotatable bonds is 2. The Morgan fingerprint density at radius 3 is 2.50 bits per heavy atom. The van der Waals surface area contributed by atoms with Crippen LogP contribution in [0.4, 0.5) is 0 Å². The summed E-state index contributed by atoms with van der Waals surface area (Å²) >= 11 is 3.95. The summed E-state index contributed by atoms with van der Waals surface area (Å²) < 4.78 is 0. The molecule has 2 rings (SSSR count). The molecule has 0 saturated heterocycles. The van der Waals surface area contributed by atoms with Gasteiger partial charge in [0.1, 0.15) is 0 Å². The summed E-state index contributed by atoms with van der Waals surface area (Å²) in [5.41, 5.74) is 4.84. The van der Waals surface area contributed by atoms with E-state index in [1.54, 1.807) is 5.56 Å². The maximum atomic E-state index is 3.95. The van der Waals surface area contributed by atoms with Crippen LogP contribution in [-0.2, 0) is 6.42 Å². The zero-order valence-electron chi connectivity index (χ0n) is 13.7. The van der Waals surface area contributed by atoms with Crippen LogP contribution in [-0.4, -0.2) is 4.83 Å². The molecule has 0 heterocycles. The second-order valence-electron chi connectivity index (χ2n) is 7.79. The van der Waals surface area contributed by atoms with Gasteiger partial charge in [0, 0.05) is 4.83 Å². The molecule has 1 aromatic rings. The molecule has 1 aromatic carbocycles. The third-order valence-corrected chi connectivity index (χ3v) is 6.31. The Labute approximate surface area is 133 Å². The van der Waals surface area contributed by atoms with E-state index in [0.29, 0.717) is 10.2 Å². The first-order valence-electron chi connectivity index (χ1n) is 7.97. The van der Waals surface area contributed by atoms with Gasteiger partial charge in [0.05, 0.1) is 0 Å². The topological polar surface area (TPSA) is 0 Å². The van der Waals surface area contributed by atoms with Gasteiger partial charge in [0.25, 0.3) is 0 Å². The van der Waals surface area contributed by atoms with Gasteiger partial charge in [-0.15, -0.1) is 0 Å². The van der Waals surface area contributed by atoms with Gasteiger partial charge in [-0.25, -0.2) is 0 Å². The molecule has 1 heteroatoms. The number of alkyl halides is 1. The minimum Gasteiger partial charge on any atom is -0.0888 e. The molecular weight excluding hydrogens is 308 g/mol. The Morgan fingerprint density at radius 1 is 1.15 bits per heavy atom. The number of benzene rings is 1. The van der Waals surface area contributed by atoms with Crippen molar-refractivity contribution in [3.8, 4) is 0 Å². The summed E-state index contributed by atoms with van der Waals surface area (Å²) in [6.07, 6.45) is 5.31. The Balaban J connectivity index is 2.12. The lowest BCUT2D eigenvalue weighted by atomic mass is 9.68. The normalized spacial score (nSPS) is 27.6. The van der Waals surface area contributed by atoms with Crippen LogP contribution in [0.1, 0.15) is 56.7 Å². The minimum atomic E-state index is 0.451. The Bertz CT molecular complexity index is 455. The quantitative estimate of drug-likeness (QED) is 0.574. The summed E-state index contributed by atoms with van der Waals surface area (Å²) in [5, 5.41) is 0. The maximum absolute atomic E-state index is 3.95. The average Bonchev–Trinajstić information content (AvgIpc) is 2.35. The standard InChI is InChI=1S/C19H29Br/c1-13-6-7-14(2)15(10-13)11-16-12-17(19(3,4)5)8-9-18(16)20/h6-7,10,16-18H,8-9,11-12H2,1-5H3. The van der Waals surface area contributed by atoms with E-state index >= 15 is 0 Å². The van der Waals surface area contributed by atoms with Crippen molar-refractivity contribution in [3.05, 3.63) is 34.9 Å². The van der Waals surface area contributed by atoms with Crippen molar-refractivity contribution in [1.82, 2.24) is 0 Å². The summed E-state index contributed by atoms with van der Waals surface area (Å²) in [4.78, 5) is 0.695. The summed E-state index contributed by atoms with van der Waals surface area (Å²) in [6.45, 7) is 11.7. The third-order valence-electron chi connectivity index (χ3n) is 5.10. The van der Waals surface area contributed by atoms with Crippen LogP contribution in [0.3, 0.4) is 0 Å². The van der Waals surface area contributed by atoms with E-state index in [2.05, 4.69) is 68.7 Å². The SMILES string of the molecule is Cc1ccc(C)c(CC2CC(C(C)(C)C)CCC2Br)c1. The van der Waals surface area contributed by atoms with E-state index in [1.807, 2.05) is 0 Å². The highest BCUT2D eigenvalue weighted by Crippen LogP contribution is 2.43. The van der Waals surface area contributed by atoms with Crippen molar-refractivity contribution in [2.45, 2.75) is 65.1 Å². The molecule has 1 saturated carbocycles. The van der Waals surface area contributed by atoms with Gasteiger partial charge >= 0.3 is 0 Å². The molecule has 0 amide bonds. The lowest BCUT2D eigenvalue weighted by Gasteiger charge is -2.40. The van der Waals surface area contributed by atoms with Crippen molar-refractivity contribution in [2.24, 2.45) is 17.3 Å². The Morgan fingerprint density at radius 2 is 1.85 bits per heavy atom. The fraction of sp³-hybridized carbons (Fsp3) is 0.684. The van der Waals surface area contributed by atoms with Crippen molar-refractivity contribution < 1.29 is 0 Å². The number of halogens is 1. The van der Waals surface area contributed by atoms with Crippen LogP contribution in [0.25, 0.3) is 0 Å². The molecular formula is C19H29Br. The number of aryl methyl sites for hydroxylation is 2. The van der Waals surface area contributed by atoms with Crippen molar-refractivity contribution in [1.29, 1.82) is 0 Å². The molecule has 1 aliphatic rings. The van der Waals surface area contributed by atoms with Crippen LogP contribution < -0.4 is 0 Å². The second kappa shape index (κ2) is 6.22. The first kappa shape index (κ1) is 16.1. The second-order valence-corrected chi connectivity index (χ2v) is 8.96. The number of hydrogen-bond donors (Lipinski definition) is 0. The van der Waals surface area contributed by atoms with E-state index in [-0.39, 0.29) is 0 Å². The van der Waals surface area contributed by atoms with Gasteiger partial charge in [-0.05, 0) is 67.9 Å². The molecule has 1 fully saturated rings. The molecule has 0 spiro atoms. The smallest absolute Gasteiger partial charge is 0.0177 e. The number of hydrogen-bond acceptors (Lipinski definition) is 0. The average molecular weight is 337 g/mol. The van der Waals surface area contributed by atoms with Gasteiger partial charge in [-0.3, -0.25) is 0 Å². The zero-order valence-corrected chi connectivity index (χ0v) is 15.3. The van der Waals surface area contributed by atoms with Crippen molar-refractivity contribution >= 4 is 15.9 Å². The summed E-state index contributed by atoms with van der Waals surface area (Å²) in [6, 6.07) is 6.89. The zero-order chi connectivity index (χ0) is 14.9. The van der Waals surface area contributed by atoms with E-state index in [1.165, 1.54) is 36.8 Å². The van der Waals surface area contributed by atoms with Crippen LogP contribution >= 0.6 is 15.9 Å². The third kappa shape index (κ3) is 3.87. The lowest BCUT2D eigenvalue weighted by molar-refractivity contribution is 0.146. The van der Waals surface area contributed by atoms with E-state index < -0.39 is 0 Å². The first-order chi connectivity index (χ1) is 9.27. The maximum Gasteiger partial charge on any atom is 0.0177 e. The van der Waals surface area contributed by atoms with Gasteiger partial charge in [0.2, 0.25) is 0 Å². The largest absolute Gasteiger partial charge is 0.0888 e. The predicted molar refractivity (Wildman–Crippen MR) is 92.6 cm³/mol. The molecule has 20 heavy (non-hydrogen) atoms. The highest BCUT2D eigenvalue weighted by atomic mass is 79.9. The van der Waals surface area contributed by atoms with Gasteiger partial charge in [-0.2, -0.15) is 0 Å². The molecule has 112 valence electrons. The van der Waals surface area contributed by atoms with Crippen LogP contribution in [0.5, 0.6) is 0 Å². The molecule has 0 aliphatic heterocycles. The van der Waals surface area contributed by atoms with Crippen LogP contribution in [0.15, 0.2) is 18.2 Å². The monoisotopic (exact) mass is 336 g/mol. The van der Waals surface area contributed by atoms with E-state index in [4.69, 9.17) is 0 Å². The summed E-state index contributed by atoms with van der Waals surface area (Å²) in [5.74, 6) is 1.65. The molecule has 3 unspecified atom stereocenters. The van der Waals surface area contributed by atoms with E-state index in [9.17, 15) is 0 Å². The molecule has 0 bridgehead atoms. The van der Waals surface area contributed by atoms with Gasteiger partial charge in [0.15, 0.2) is 0 Å². The Kier molecular flexibility index (Phi) is 5.00. The summed E-state index contributed by atoms with van der Waals surface area (Å²) in [7, 11) is 0. The lowest BCUT2D eigenvalue weighted by Crippen LogP contribution is -2.33. The van der Waals surface area contributed by atoms with Crippen LogP contribution in [0, 0.1) is 31.1 Å². The molecule has 0 aromatic heterocycles. The van der Waals surface area contributed by atoms with Gasteiger partial charge in [-0.1, -0.05) is 60.5 Å². The minimum absolute atomic E-state index is 0.451. The van der Waals surface area contributed by atoms with Crippen LogP contribution in [0.2, 0.25) is 0 Å².